The number of benzene rings is 5. The fourth-order valence-corrected chi connectivity index (χ4v) is 11.9. The number of primary amides is 1. The van der Waals surface area contributed by atoms with Crippen LogP contribution in [0.3, 0.4) is 0 Å². The fourth-order valence-electron chi connectivity index (χ4n) is 11.9. The van der Waals surface area contributed by atoms with Crippen molar-refractivity contribution in [2.24, 2.45) is 16.6 Å². The molecule has 93 heavy (non-hydrogen) atoms. The predicted molar refractivity (Wildman–Crippen MR) is 340 cm³/mol. The van der Waals surface area contributed by atoms with Gasteiger partial charge < -0.3 is 55.1 Å². The van der Waals surface area contributed by atoms with Gasteiger partial charge in [0.05, 0.1) is 68.6 Å². The summed E-state index contributed by atoms with van der Waals surface area (Å²) in [5, 5.41) is 8.59. The first-order valence-corrected chi connectivity index (χ1v) is 31.2. The van der Waals surface area contributed by atoms with Crippen LogP contribution in [0.5, 0.6) is 23.0 Å². The molecule has 0 unspecified atom stereocenters. The average Bonchev–Trinajstić information content (AvgIpc) is 1.63. The molecule has 0 saturated carbocycles. The van der Waals surface area contributed by atoms with E-state index in [1.54, 1.807) is 58.3 Å². The van der Waals surface area contributed by atoms with Gasteiger partial charge in [0, 0.05) is 73.9 Å². The molecule has 0 bridgehead atoms. The molecule has 5 aliphatic heterocycles. The van der Waals surface area contributed by atoms with Crippen molar-refractivity contribution in [1.29, 1.82) is 0 Å². The van der Waals surface area contributed by atoms with Crippen LogP contribution in [0.1, 0.15) is 128 Å². The Morgan fingerprint density at radius 3 is 1.94 bits per heavy atom. The lowest BCUT2D eigenvalue weighted by atomic mass is 10.0. The van der Waals surface area contributed by atoms with Gasteiger partial charge in [0.25, 0.3) is 23.6 Å². The van der Waals surface area contributed by atoms with Crippen molar-refractivity contribution < 1.29 is 76.5 Å². The van der Waals surface area contributed by atoms with Crippen LogP contribution in [0.15, 0.2) is 102 Å². The van der Waals surface area contributed by atoms with Gasteiger partial charge >= 0.3 is 12.1 Å². The first kappa shape index (κ1) is 65.6. The number of ether oxygens (including phenoxy) is 5. The van der Waals surface area contributed by atoms with Gasteiger partial charge in [0.2, 0.25) is 23.6 Å². The number of unbranched alkanes of at least 4 members (excludes halogenated alkanes) is 3. The number of aliphatic imine (C=N–C) groups is 1. The van der Waals surface area contributed by atoms with Crippen LogP contribution in [0.4, 0.5) is 33.2 Å². The number of imide groups is 1. The Labute approximate surface area is 537 Å². The molecular weight excluding hydrogens is 1200 g/mol. The third-order valence-corrected chi connectivity index (χ3v) is 16.6. The van der Waals surface area contributed by atoms with E-state index in [1.807, 2.05) is 68.6 Å². The minimum atomic E-state index is -1.26. The molecule has 0 radical (unpaired) electrons. The second kappa shape index (κ2) is 29.7. The molecule has 10 rings (SSSR count). The predicted octanol–water partition coefficient (Wildman–Crippen LogP) is 7.73. The van der Waals surface area contributed by atoms with Crippen LogP contribution in [0.25, 0.3) is 0 Å². The molecule has 5 heterocycles. The van der Waals surface area contributed by atoms with Crippen molar-refractivity contribution in [3.63, 3.8) is 0 Å². The van der Waals surface area contributed by atoms with Gasteiger partial charge in [-0.1, -0.05) is 62.4 Å². The van der Waals surface area contributed by atoms with E-state index in [1.165, 1.54) is 19.1 Å². The van der Waals surface area contributed by atoms with E-state index < -0.39 is 65.6 Å². The van der Waals surface area contributed by atoms with Gasteiger partial charge in [-0.15, -0.1) is 5.06 Å². The lowest BCUT2D eigenvalue weighted by Crippen LogP contribution is -2.53. The first-order chi connectivity index (χ1) is 44.9. The molecule has 0 spiro atoms. The number of fused-ring (bicyclic) bond motifs is 8. The maximum atomic E-state index is 14.7. The zero-order valence-corrected chi connectivity index (χ0v) is 52.3. The van der Waals surface area contributed by atoms with Gasteiger partial charge in [-0.25, -0.2) is 9.59 Å². The smallest absolute Gasteiger partial charge is 0.414 e. The summed E-state index contributed by atoms with van der Waals surface area (Å²) >= 11 is 0. The zero-order valence-electron chi connectivity index (χ0n) is 52.3. The number of nitrogens with two attached hydrogens (primary N) is 1. The van der Waals surface area contributed by atoms with Crippen LogP contribution >= 0.6 is 0 Å². The highest BCUT2D eigenvalue weighted by molar-refractivity contribution is 6.16. The molecular formula is C68H75N9O16. The Morgan fingerprint density at radius 2 is 1.27 bits per heavy atom. The summed E-state index contributed by atoms with van der Waals surface area (Å²) in [5.74, 6) is -3.61. The molecule has 25 heteroatoms. The van der Waals surface area contributed by atoms with Crippen molar-refractivity contribution >= 4 is 94.0 Å². The number of carbonyl (C=O) groups is 10. The van der Waals surface area contributed by atoms with Gasteiger partial charge in [-0.05, 0) is 110 Å². The zero-order chi connectivity index (χ0) is 65.9. The van der Waals surface area contributed by atoms with Crippen molar-refractivity contribution in [1.82, 2.24) is 15.7 Å². The maximum absolute atomic E-state index is 14.7. The quantitative estimate of drug-likeness (QED) is 0.0275. The number of hydroxylamine groups is 2. The van der Waals surface area contributed by atoms with Crippen LogP contribution in [-0.4, -0.2) is 129 Å². The average molecular weight is 1270 g/mol. The van der Waals surface area contributed by atoms with Crippen LogP contribution in [0, 0.1) is 5.92 Å². The number of hydrogen-bond donors (Lipinski definition) is 4. The minimum absolute atomic E-state index is 0.0396. The molecule has 0 aliphatic carbocycles. The van der Waals surface area contributed by atoms with Crippen LogP contribution in [0.2, 0.25) is 0 Å². The largest absolute Gasteiger partial charge is 0.493 e. The van der Waals surface area contributed by atoms with Gasteiger partial charge in [0.1, 0.15) is 18.7 Å². The first-order valence-electron chi connectivity index (χ1n) is 31.2. The third-order valence-electron chi connectivity index (χ3n) is 16.6. The van der Waals surface area contributed by atoms with E-state index in [0.29, 0.717) is 89.3 Å². The summed E-state index contributed by atoms with van der Waals surface area (Å²) in [6.45, 7) is 4.18. The molecule has 4 atom stereocenters. The minimum Gasteiger partial charge on any atom is -0.493 e. The highest BCUT2D eigenvalue weighted by Gasteiger charge is 2.43. The molecule has 9 amide bonds. The number of nitrogens with zero attached hydrogens (tertiary/aromatic N) is 5. The summed E-state index contributed by atoms with van der Waals surface area (Å²) < 4.78 is 30.0. The van der Waals surface area contributed by atoms with Gasteiger partial charge in [0.15, 0.2) is 23.0 Å². The van der Waals surface area contributed by atoms with E-state index in [4.69, 9.17) is 39.2 Å². The van der Waals surface area contributed by atoms with Crippen LogP contribution in [-0.2, 0) is 62.6 Å². The van der Waals surface area contributed by atoms with Gasteiger partial charge in [-0.2, -0.15) is 0 Å². The van der Waals surface area contributed by atoms with E-state index >= 15 is 0 Å². The Kier molecular flexibility index (Phi) is 21.0. The maximum Gasteiger partial charge on any atom is 0.414 e. The molecule has 25 nitrogen and oxygen atoms in total. The Balaban J connectivity index is 0.742. The molecule has 5 N–H and O–H groups in total. The number of amides is 9. The van der Waals surface area contributed by atoms with Crippen LogP contribution < -0.4 is 55.3 Å². The Morgan fingerprint density at radius 1 is 0.645 bits per heavy atom. The summed E-state index contributed by atoms with van der Waals surface area (Å²) in [4.78, 5) is 146. The summed E-state index contributed by atoms with van der Waals surface area (Å²) in [5.41, 5.74) is 11.4. The lowest BCUT2D eigenvalue weighted by Gasteiger charge is -2.26. The molecule has 1 saturated heterocycles. The second-order valence-corrected chi connectivity index (χ2v) is 23.7. The van der Waals surface area contributed by atoms with Crippen molar-refractivity contribution in [2.75, 3.05) is 54.0 Å². The van der Waals surface area contributed by atoms with E-state index in [2.05, 4.69) is 16.0 Å². The summed E-state index contributed by atoms with van der Waals surface area (Å²) in [6.07, 6.45) is 4.12. The molecule has 5 aromatic carbocycles. The number of para-hydroxylation sites is 2. The molecule has 0 aromatic heterocycles. The standard InChI is InChI=1S/C68H75N9O16/c1-40(2)30-51(72-60(79)18-10-11-19-63(82)93-77-61(80)26-27-62(77)81)65(84)73-49(24-25-59(69)78)64(83)71-44-22-20-41(21-23-44)39-92-68(87)74-38-46-32-43-15-7-9-17-53(43)76(46)67(86)48-34-56(89-4)58(36-54(48)74)91-29-13-5-12-28-90-57-35-50-47(33-55(57)88-3)66(85)75-45(37-70-50)31-42-14-6-8-16-52(42)75/h6-9,14-17,20-23,33-37,40,45-46,49,51H,5,10-13,18-19,24-32,38-39H2,1-4H3,(H2,69,78)(H,71,83)(H,72,79)(H,73,84)/t45-,46-,49-,51-/m0/s1. The fraction of sp³-hybridized carbons (Fsp3) is 0.397. The number of anilines is 4. The number of carbonyl (C=O) groups excluding carboxylic acids is 10. The third kappa shape index (κ3) is 15.5. The van der Waals surface area contributed by atoms with Crippen molar-refractivity contribution in [2.45, 2.75) is 135 Å². The van der Waals surface area contributed by atoms with E-state index in [-0.39, 0.29) is 113 Å². The molecule has 1 fully saturated rings. The summed E-state index contributed by atoms with van der Waals surface area (Å²) in [6, 6.07) is 25.6. The monoisotopic (exact) mass is 1270 g/mol. The molecule has 5 aliphatic rings. The summed E-state index contributed by atoms with van der Waals surface area (Å²) in [7, 11) is 3.01. The normalized spacial score (nSPS) is 16.6. The topological polar surface area (TPSA) is 314 Å². The number of methoxy groups -OCH3 is 2. The molecule has 5 aromatic rings. The Hall–Kier alpha value is -10.3. The number of rotatable bonds is 28. The number of nitrogens with one attached hydrogen (secondary N) is 3. The molecule has 488 valence electrons. The van der Waals surface area contributed by atoms with Gasteiger partial charge in [-0.3, -0.25) is 53.1 Å². The van der Waals surface area contributed by atoms with E-state index in [9.17, 15) is 47.9 Å². The Bertz CT molecular complexity index is 3730. The van der Waals surface area contributed by atoms with Crippen molar-refractivity contribution in [3.05, 3.63) is 125 Å². The SMILES string of the molecule is COc1cc2c(cc1OCCCCCOc1cc3c(cc1OC)C(=O)N1c4ccccc4C[C@H]1CN3C(=O)OCc1ccc(NC(=O)[C@H](CCC(N)=O)NC(=O)[C@H](CC(C)C)NC(=O)CCCCC(=O)ON3C(=O)CCC3=O)cc1)N=C[C@@H]1Cc3ccccc3N1C2=O. The highest BCUT2D eigenvalue weighted by atomic mass is 16.7. The van der Waals surface area contributed by atoms with Crippen molar-refractivity contribution in [3.8, 4) is 23.0 Å². The highest BCUT2D eigenvalue weighted by Crippen LogP contribution is 2.44. The van der Waals surface area contributed by atoms with E-state index in [0.717, 1.165) is 22.5 Å². The number of hydrogen-bond acceptors (Lipinski definition) is 17. The lowest BCUT2D eigenvalue weighted by molar-refractivity contribution is -0.197. The second-order valence-electron chi connectivity index (χ2n) is 23.7.